The number of rotatable bonds is 3. The van der Waals surface area contributed by atoms with E-state index >= 15 is 0 Å². The first-order valence-electron chi connectivity index (χ1n) is 6.27. The maximum atomic E-state index is 5.99. The number of morpholine rings is 1. The van der Waals surface area contributed by atoms with Crippen molar-refractivity contribution in [3.05, 3.63) is 20.3 Å². The lowest BCUT2D eigenvalue weighted by Crippen LogP contribution is -2.50. The number of thiophene rings is 1. The molecule has 1 atom stereocenters. The summed E-state index contributed by atoms with van der Waals surface area (Å²) >= 11 is 5.42. The topological polar surface area (TPSA) is 38.5 Å². The van der Waals surface area contributed by atoms with Crippen LogP contribution in [0.3, 0.4) is 0 Å². The van der Waals surface area contributed by atoms with E-state index < -0.39 is 0 Å². The van der Waals surface area contributed by atoms with Crippen molar-refractivity contribution >= 4 is 27.3 Å². The zero-order valence-electron chi connectivity index (χ0n) is 11.2. The zero-order valence-corrected chi connectivity index (χ0v) is 13.6. The minimum atomic E-state index is -0.0742. The van der Waals surface area contributed by atoms with E-state index in [2.05, 4.69) is 47.7 Å². The van der Waals surface area contributed by atoms with Gasteiger partial charge in [0.2, 0.25) is 0 Å². The molecule has 0 bridgehead atoms. The first-order valence-corrected chi connectivity index (χ1v) is 7.88. The molecular weight excluding hydrogens is 312 g/mol. The molecule has 18 heavy (non-hydrogen) atoms. The van der Waals surface area contributed by atoms with Crippen LogP contribution >= 0.6 is 27.3 Å². The number of hydrogen-bond acceptors (Lipinski definition) is 4. The summed E-state index contributed by atoms with van der Waals surface area (Å²) in [5, 5.41) is 0. The quantitative estimate of drug-likeness (QED) is 0.924. The molecule has 1 saturated heterocycles. The number of aryl methyl sites for hydroxylation is 1. The van der Waals surface area contributed by atoms with Crippen LogP contribution < -0.4 is 5.73 Å². The molecule has 0 aromatic carbocycles. The van der Waals surface area contributed by atoms with Gasteiger partial charge in [0.15, 0.2) is 0 Å². The smallest absolute Gasteiger partial charge is 0.0753 e. The average molecular weight is 333 g/mol. The van der Waals surface area contributed by atoms with E-state index in [-0.39, 0.29) is 5.60 Å². The number of nitrogens with zero attached hydrogens (tertiary/aromatic N) is 1. The third-order valence-electron chi connectivity index (χ3n) is 3.32. The van der Waals surface area contributed by atoms with E-state index in [1.165, 1.54) is 14.2 Å². The Morgan fingerprint density at radius 1 is 1.61 bits per heavy atom. The van der Waals surface area contributed by atoms with E-state index in [1.54, 1.807) is 0 Å². The van der Waals surface area contributed by atoms with Gasteiger partial charge < -0.3 is 10.5 Å². The fourth-order valence-corrected chi connectivity index (χ4v) is 4.12. The third kappa shape index (κ3) is 3.14. The highest BCUT2D eigenvalue weighted by molar-refractivity contribution is 9.10. The summed E-state index contributed by atoms with van der Waals surface area (Å²) < 4.78 is 6.96. The van der Waals surface area contributed by atoms with Gasteiger partial charge in [-0.05, 0) is 42.8 Å². The van der Waals surface area contributed by atoms with Crippen LogP contribution in [0.1, 0.15) is 29.6 Å². The number of ether oxygens (including phenoxy) is 1. The molecule has 1 aliphatic heterocycles. The van der Waals surface area contributed by atoms with Crippen molar-refractivity contribution in [2.75, 3.05) is 26.2 Å². The molecule has 1 aromatic heterocycles. The molecule has 3 nitrogen and oxygen atoms in total. The average Bonchev–Trinajstić information content (AvgIpc) is 2.58. The highest BCUT2D eigenvalue weighted by atomic mass is 79.9. The Labute approximate surface area is 121 Å². The molecule has 0 radical (unpaired) electrons. The second kappa shape index (κ2) is 5.59. The summed E-state index contributed by atoms with van der Waals surface area (Å²) in [7, 11) is 0. The van der Waals surface area contributed by atoms with E-state index in [0.29, 0.717) is 12.6 Å². The monoisotopic (exact) mass is 332 g/mol. The van der Waals surface area contributed by atoms with Crippen molar-refractivity contribution in [1.82, 2.24) is 4.90 Å². The van der Waals surface area contributed by atoms with Crippen LogP contribution in [0.25, 0.3) is 0 Å². The summed E-state index contributed by atoms with van der Waals surface area (Å²) in [4.78, 5) is 5.11. The molecular formula is C13H21BrN2OS. The van der Waals surface area contributed by atoms with Gasteiger partial charge in [0.1, 0.15) is 0 Å². The first-order chi connectivity index (χ1) is 8.43. The van der Waals surface area contributed by atoms with Crippen molar-refractivity contribution in [3.8, 4) is 0 Å². The lowest BCUT2D eigenvalue weighted by molar-refractivity contribution is -0.0964. The Morgan fingerprint density at radius 2 is 2.33 bits per heavy atom. The molecule has 5 heteroatoms. The number of nitrogens with two attached hydrogens (primary N) is 1. The van der Waals surface area contributed by atoms with Gasteiger partial charge in [0.05, 0.1) is 18.2 Å². The number of halogens is 1. The summed E-state index contributed by atoms with van der Waals surface area (Å²) in [6, 6.07) is 2.52. The molecule has 2 N–H and O–H groups in total. The minimum Gasteiger partial charge on any atom is -0.373 e. The Hall–Kier alpha value is 0.0600. The Bertz CT molecular complexity index is 400. The first kappa shape index (κ1) is 14.5. The fourth-order valence-electron chi connectivity index (χ4n) is 2.41. The van der Waals surface area contributed by atoms with Crippen LogP contribution in [0, 0.1) is 6.92 Å². The summed E-state index contributed by atoms with van der Waals surface area (Å²) in [6.07, 6.45) is 0. The lowest BCUT2D eigenvalue weighted by Gasteiger charge is -2.41. The molecule has 0 amide bonds. The predicted molar refractivity (Wildman–Crippen MR) is 80.2 cm³/mol. The summed E-state index contributed by atoms with van der Waals surface area (Å²) in [5.41, 5.74) is 5.92. The Morgan fingerprint density at radius 3 is 2.83 bits per heavy atom. The minimum absolute atomic E-state index is 0.0742. The maximum absolute atomic E-state index is 5.99. The predicted octanol–water partition coefficient (Wildman–Crippen LogP) is 2.93. The van der Waals surface area contributed by atoms with Crippen LogP contribution in [0.2, 0.25) is 0 Å². The van der Waals surface area contributed by atoms with Gasteiger partial charge in [0.25, 0.3) is 0 Å². The number of hydrogen-bond donors (Lipinski definition) is 1. The second-order valence-corrected chi connectivity index (χ2v) is 7.53. The van der Waals surface area contributed by atoms with Crippen LogP contribution in [-0.4, -0.2) is 36.7 Å². The standard InChI is InChI=1S/C13H21BrN2OS/c1-9-10(14)6-12(18-9)11(7-15)16-4-5-17-13(2,3)8-16/h6,11H,4-5,7-8,15H2,1-3H3. The van der Waals surface area contributed by atoms with Crippen LogP contribution in [0.5, 0.6) is 0 Å². The zero-order chi connectivity index (χ0) is 13.3. The molecule has 1 aliphatic rings. The summed E-state index contributed by atoms with van der Waals surface area (Å²) in [5.74, 6) is 0. The normalized spacial score (nSPS) is 22.1. The van der Waals surface area contributed by atoms with Gasteiger partial charge in [-0.1, -0.05) is 0 Å². The highest BCUT2D eigenvalue weighted by Crippen LogP contribution is 2.34. The van der Waals surface area contributed by atoms with E-state index in [9.17, 15) is 0 Å². The molecule has 0 spiro atoms. The van der Waals surface area contributed by atoms with Gasteiger partial charge in [0, 0.05) is 33.9 Å². The molecule has 1 aromatic rings. The molecule has 0 aliphatic carbocycles. The third-order valence-corrected chi connectivity index (χ3v) is 5.56. The van der Waals surface area contributed by atoms with E-state index in [1.807, 2.05) is 11.3 Å². The van der Waals surface area contributed by atoms with Crippen molar-refractivity contribution in [2.24, 2.45) is 5.73 Å². The Kier molecular flexibility index (Phi) is 4.49. The highest BCUT2D eigenvalue weighted by Gasteiger charge is 2.32. The van der Waals surface area contributed by atoms with Gasteiger partial charge in [-0.2, -0.15) is 0 Å². The lowest BCUT2D eigenvalue weighted by atomic mass is 10.0. The van der Waals surface area contributed by atoms with Crippen molar-refractivity contribution < 1.29 is 4.74 Å². The molecule has 1 fully saturated rings. The molecule has 2 heterocycles. The molecule has 1 unspecified atom stereocenters. The van der Waals surface area contributed by atoms with Crippen molar-refractivity contribution in [2.45, 2.75) is 32.4 Å². The fraction of sp³-hybridized carbons (Fsp3) is 0.692. The molecule has 0 saturated carbocycles. The Balaban J connectivity index is 2.18. The molecule has 2 rings (SSSR count). The largest absolute Gasteiger partial charge is 0.373 e. The molecule has 102 valence electrons. The SMILES string of the molecule is Cc1sc(C(CN)N2CCOC(C)(C)C2)cc1Br. The van der Waals surface area contributed by atoms with Gasteiger partial charge in [-0.25, -0.2) is 0 Å². The van der Waals surface area contributed by atoms with E-state index in [4.69, 9.17) is 10.5 Å². The van der Waals surface area contributed by atoms with Gasteiger partial charge >= 0.3 is 0 Å². The summed E-state index contributed by atoms with van der Waals surface area (Å²) in [6.45, 7) is 9.75. The maximum Gasteiger partial charge on any atom is 0.0753 e. The van der Waals surface area contributed by atoms with Gasteiger partial charge in [-0.3, -0.25) is 4.90 Å². The van der Waals surface area contributed by atoms with Crippen molar-refractivity contribution in [1.29, 1.82) is 0 Å². The van der Waals surface area contributed by atoms with Crippen LogP contribution in [0.15, 0.2) is 10.5 Å². The van der Waals surface area contributed by atoms with Gasteiger partial charge in [-0.15, -0.1) is 11.3 Å². The van der Waals surface area contributed by atoms with Crippen molar-refractivity contribution in [3.63, 3.8) is 0 Å². The van der Waals surface area contributed by atoms with Crippen LogP contribution in [-0.2, 0) is 4.74 Å². The van der Waals surface area contributed by atoms with Crippen LogP contribution in [0.4, 0.5) is 0 Å². The second-order valence-electron chi connectivity index (χ2n) is 5.38. The van der Waals surface area contributed by atoms with E-state index in [0.717, 1.165) is 19.7 Å².